The Morgan fingerprint density at radius 2 is 2.07 bits per heavy atom. The Labute approximate surface area is 176 Å². The van der Waals surface area contributed by atoms with E-state index in [2.05, 4.69) is 15.3 Å². The zero-order valence-electron chi connectivity index (χ0n) is 17.8. The van der Waals surface area contributed by atoms with E-state index in [0.717, 1.165) is 18.6 Å². The smallest absolute Gasteiger partial charge is 0.254 e. The molecule has 158 valence electrons. The molecule has 1 amide bonds. The molecule has 0 unspecified atom stereocenters. The number of ether oxygens (including phenoxy) is 1. The van der Waals surface area contributed by atoms with Crippen LogP contribution in [0.1, 0.15) is 41.4 Å². The molecule has 2 aromatic rings. The Bertz CT molecular complexity index is 896. The minimum Gasteiger partial charge on any atom is -0.493 e. The molecule has 1 aromatic heterocycles. The van der Waals surface area contributed by atoms with Crippen LogP contribution in [0.5, 0.6) is 5.75 Å². The van der Waals surface area contributed by atoms with E-state index in [0.29, 0.717) is 47.1 Å². The highest BCUT2D eigenvalue weighted by atomic mass is 32.2. The Kier molecular flexibility index (Phi) is 8.72. The van der Waals surface area contributed by atoms with E-state index in [1.807, 2.05) is 25.3 Å². The second kappa shape index (κ2) is 11.0. The lowest BCUT2D eigenvalue weighted by atomic mass is 10.1. The maximum Gasteiger partial charge on any atom is 0.254 e. The molecule has 0 aliphatic rings. The standard InChI is InChI=1S/C21H30N4O3S/c1-6-11-28-18-9-8-16(21(27)22-10-7-12-29-25(4)5)13-17(18)19-23-15(3)14(2)20(26)24-19/h8-9,13H,6-7,10-12H2,1-5H3,(H,22,27)(H,23,24,26). The molecule has 8 heteroatoms. The van der Waals surface area contributed by atoms with Crippen LogP contribution in [0, 0.1) is 13.8 Å². The number of carbonyl (C=O) groups excluding carboxylic acids is 1. The van der Waals surface area contributed by atoms with E-state index in [-0.39, 0.29) is 11.5 Å². The molecule has 0 fully saturated rings. The molecule has 0 aliphatic carbocycles. The monoisotopic (exact) mass is 418 g/mol. The van der Waals surface area contributed by atoms with Crippen LogP contribution in [-0.4, -0.2) is 53.2 Å². The molecule has 0 aliphatic heterocycles. The zero-order valence-corrected chi connectivity index (χ0v) is 18.6. The Hall–Kier alpha value is -2.32. The Morgan fingerprint density at radius 1 is 1.31 bits per heavy atom. The fourth-order valence-electron chi connectivity index (χ4n) is 2.59. The molecule has 0 spiro atoms. The number of amides is 1. The minimum atomic E-state index is -0.192. The van der Waals surface area contributed by atoms with Crippen molar-refractivity contribution in [1.29, 1.82) is 0 Å². The van der Waals surface area contributed by atoms with E-state index in [9.17, 15) is 9.59 Å². The van der Waals surface area contributed by atoms with Gasteiger partial charge >= 0.3 is 0 Å². The van der Waals surface area contributed by atoms with Gasteiger partial charge in [-0.25, -0.2) is 4.98 Å². The molecule has 29 heavy (non-hydrogen) atoms. The van der Waals surface area contributed by atoms with Crippen LogP contribution >= 0.6 is 11.9 Å². The first-order valence-electron chi connectivity index (χ1n) is 9.76. The summed E-state index contributed by atoms with van der Waals surface area (Å²) in [4.78, 5) is 32.1. The SMILES string of the molecule is CCCOc1ccc(C(=O)NCCCSN(C)C)cc1-c1nc(C)c(C)c(=O)[nH]1. The van der Waals surface area contributed by atoms with E-state index in [4.69, 9.17) is 4.74 Å². The number of benzene rings is 1. The lowest BCUT2D eigenvalue weighted by Crippen LogP contribution is -2.25. The molecule has 0 atom stereocenters. The fourth-order valence-corrected chi connectivity index (χ4v) is 3.23. The van der Waals surface area contributed by atoms with Crippen molar-refractivity contribution < 1.29 is 9.53 Å². The van der Waals surface area contributed by atoms with Crippen LogP contribution < -0.4 is 15.6 Å². The molecular weight excluding hydrogens is 388 g/mol. The molecule has 1 heterocycles. The third kappa shape index (κ3) is 6.61. The number of aromatic amines is 1. The number of rotatable bonds is 10. The molecular formula is C21H30N4O3S. The number of carbonyl (C=O) groups is 1. The summed E-state index contributed by atoms with van der Waals surface area (Å²) in [5, 5.41) is 2.94. The van der Waals surface area contributed by atoms with Crippen molar-refractivity contribution in [2.24, 2.45) is 0 Å². The minimum absolute atomic E-state index is 0.158. The lowest BCUT2D eigenvalue weighted by molar-refractivity contribution is 0.0954. The molecule has 7 nitrogen and oxygen atoms in total. The topological polar surface area (TPSA) is 87.3 Å². The van der Waals surface area contributed by atoms with Crippen molar-refractivity contribution in [3.8, 4) is 17.1 Å². The highest BCUT2D eigenvalue weighted by Crippen LogP contribution is 2.29. The summed E-state index contributed by atoms with van der Waals surface area (Å²) >= 11 is 1.72. The highest BCUT2D eigenvalue weighted by Gasteiger charge is 2.15. The van der Waals surface area contributed by atoms with Crippen molar-refractivity contribution in [3.63, 3.8) is 0 Å². The van der Waals surface area contributed by atoms with E-state index in [1.165, 1.54) is 0 Å². The van der Waals surface area contributed by atoms with Crippen molar-refractivity contribution >= 4 is 17.9 Å². The average Bonchev–Trinajstić information content (AvgIpc) is 2.69. The molecule has 1 aromatic carbocycles. The predicted octanol–water partition coefficient (Wildman–Crippen LogP) is 3.17. The van der Waals surface area contributed by atoms with Crippen LogP contribution in [0.4, 0.5) is 0 Å². The third-order valence-corrected chi connectivity index (χ3v) is 5.30. The van der Waals surface area contributed by atoms with E-state index < -0.39 is 0 Å². The van der Waals surface area contributed by atoms with Gasteiger partial charge in [-0.05, 0) is 59.0 Å². The summed E-state index contributed by atoms with van der Waals surface area (Å²) in [5.41, 5.74) is 2.15. The maximum absolute atomic E-state index is 12.6. The van der Waals surface area contributed by atoms with Crippen LogP contribution in [0.2, 0.25) is 0 Å². The number of nitrogens with one attached hydrogen (secondary N) is 2. The van der Waals surface area contributed by atoms with E-state index in [1.54, 1.807) is 44.0 Å². The average molecular weight is 419 g/mol. The van der Waals surface area contributed by atoms with Gasteiger partial charge in [-0.2, -0.15) is 0 Å². The summed E-state index contributed by atoms with van der Waals surface area (Å²) in [6, 6.07) is 5.22. The first-order valence-corrected chi connectivity index (χ1v) is 10.7. The second-order valence-electron chi connectivity index (χ2n) is 6.94. The maximum atomic E-state index is 12.6. The van der Waals surface area contributed by atoms with Crippen LogP contribution in [0.25, 0.3) is 11.4 Å². The van der Waals surface area contributed by atoms with Gasteiger partial charge in [0, 0.05) is 29.1 Å². The Morgan fingerprint density at radius 3 is 2.72 bits per heavy atom. The molecule has 2 rings (SSSR count). The van der Waals surface area contributed by atoms with Gasteiger partial charge in [-0.3, -0.25) is 13.9 Å². The van der Waals surface area contributed by atoms with Gasteiger partial charge in [-0.1, -0.05) is 18.9 Å². The Balaban J connectivity index is 2.24. The van der Waals surface area contributed by atoms with Gasteiger partial charge < -0.3 is 15.0 Å². The number of aryl methyl sites for hydroxylation is 1. The van der Waals surface area contributed by atoms with Crippen LogP contribution in [0.3, 0.4) is 0 Å². The van der Waals surface area contributed by atoms with Crippen molar-refractivity contribution in [2.45, 2.75) is 33.6 Å². The van der Waals surface area contributed by atoms with Crippen LogP contribution in [0.15, 0.2) is 23.0 Å². The number of aromatic nitrogens is 2. The van der Waals surface area contributed by atoms with E-state index >= 15 is 0 Å². The largest absolute Gasteiger partial charge is 0.493 e. The van der Waals surface area contributed by atoms with Gasteiger partial charge in [0.1, 0.15) is 11.6 Å². The normalized spacial score (nSPS) is 11.0. The van der Waals surface area contributed by atoms with Gasteiger partial charge in [0.15, 0.2) is 0 Å². The first kappa shape index (κ1) is 23.0. The summed E-state index contributed by atoms with van der Waals surface area (Å²) in [6.45, 7) is 6.69. The summed E-state index contributed by atoms with van der Waals surface area (Å²) in [5.74, 6) is 1.78. The summed E-state index contributed by atoms with van der Waals surface area (Å²) < 4.78 is 7.86. The molecule has 2 N–H and O–H groups in total. The van der Waals surface area contributed by atoms with Gasteiger partial charge in [0.25, 0.3) is 11.5 Å². The molecule has 0 bridgehead atoms. The summed E-state index contributed by atoms with van der Waals surface area (Å²) in [6.07, 6.45) is 1.73. The number of H-pyrrole nitrogens is 1. The molecule has 0 saturated heterocycles. The fraction of sp³-hybridized carbons (Fsp3) is 0.476. The molecule has 0 saturated carbocycles. The number of hydrogen-bond acceptors (Lipinski definition) is 6. The first-order chi connectivity index (χ1) is 13.8. The lowest BCUT2D eigenvalue weighted by Gasteiger charge is -2.13. The molecule has 0 radical (unpaired) electrons. The quantitative estimate of drug-likeness (QED) is 0.455. The number of hydrogen-bond donors (Lipinski definition) is 2. The van der Waals surface area contributed by atoms with Crippen molar-refractivity contribution in [2.75, 3.05) is 33.0 Å². The highest BCUT2D eigenvalue weighted by molar-refractivity contribution is 7.96. The van der Waals surface area contributed by atoms with Gasteiger partial charge in [0.05, 0.1) is 12.2 Å². The van der Waals surface area contributed by atoms with Crippen LogP contribution in [-0.2, 0) is 0 Å². The number of nitrogens with zero attached hydrogens (tertiary/aromatic N) is 2. The third-order valence-electron chi connectivity index (χ3n) is 4.31. The second-order valence-corrected chi connectivity index (χ2v) is 8.34. The zero-order chi connectivity index (χ0) is 21.4. The van der Waals surface area contributed by atoms with Crippen molar-refractivity contribution in [3.05, 3.63) is 45.4 Å². The predicted molar refractivity (Wildman–Crippen MR) is 119 cm³/mol. The van der Waals surface area contributed by atoms with Crippen molar-refractivity contribution in [1.82, 2.24) is 19.6 Å². The summed E-state index contributed by atoms with van der Waals surface area (Å²) in [7, 11) is 4.00. The van der Waals surface area contributed by atoms with Gasteiger partial charge in [-0.15, -0.1) is 0 Å². The van der Waals surface area contributed by atoms with Gasteiger partial charge in [0.2, 0.25) is 0 Å².